The smallest absolute Gasteiger partial charge is 0.238 e. The molecule has 0 fully saturated rings. The van der Waals surface area contributed by atoms with Crippen LogP contribution in [0.15, 0.2) is 65.4 Å². The van der Waals surface area contributed by atoms with Gasteiger partial charge in [-0.25, -0.2) is 8.42 Å². The average Bonchev–Trinajstić information content (AvgIpc) is 3.30. The fraction of sp³-hybridized carbons (Fsp3) is 0.269. The zero-order chi connectivity index (χ0) is 25.2. The molecular formula is C26H26Cl2N2O3S2. The number of rotatable bonds is 7. The minimum Gasteiger partial charge on any atom is -0.330 e. The van der Waals surface area contributed by atoms with E-state index in [4.69, 9.17) is 23.2 Å². The molecule has 0 N–H and O–H groups in total. The molecule has 1 atom stereocenters. The molecule has 2 aromatic carbocycles. The van der Waals surface area contributed by atoms with Gasteiger partial charge < -0.3 is 4.90 Å². The lowest BCUT2D eigenvalue weighted by Gasteiger charge is -2.38. The Kier molecular flexibility index (Phi) is 8.03. The number of carbonyl (C=O) groups is 1. The summed E-state index contributed by atoms with van der Waals surface area (Å²) in [6.45, 7) is 3.74. The highest BCUT2D eigenvalue weighted by atomic mass is 35.5. The first kappa shape index (κ1) is 25.9. The van der Waals surface area contributed by atoms with Gasteiger partial charge in [0.2, 0.25) is 15.9 Å². The van der Waals surface area contributed by atoms with E-state index in [0.717, 1.165) is 22.1 Å². The molecule has 0 radical (unpaired) electrons. The topological polar surface area (TPSA) is 57.7 Å². The second-order valence-corrected chi connectivity index (χ2v) is 12.2. The van der Waals surface area contributed by atoms with Crippen molar-refractivity contribution in [2.45, 2.75) is 32.4 Å². The fourth-order valence-corrected chi connectivity index (χ4v) is 7.02. The van der Waals surface area contributed by atoms with Crippen molar-refractivity contribution in [3.63, 3.8) is 0 Å². The minimum atomic E-state index is -3.84. The molecule has 1 amide bonds. The van der Waals surface area contributed by atoms with Crippen LogP contribution in [0.1, 0.15) is 41.5 Å². The maximum absolute atomic E-state index is 13.7. The molecule has 0 aliphatic carbocycles. The molecule has 1 aromatic heterocycles. The van der Waals surface area contributed by atoms with Crippen molar-refractivity contribution in [3.05, 3.63) is 97.0 Å². The average molecular weight is 550 g/mol. The molecule has 4 rings (SSSR count). The molecule has 3 aromatic rings. The van der Waals surface area contributed by atoms with E-state index in [-0.39, 0.29) is 12.5 Å². The molecule has 2 heterocycles. The molecule has 0 spiro atoms. The van der Waals surface area contributed by atoms with Gasteiger partial charge in [0.05, 0.1) is 12.6 Å². The number of fused-ring (bicyclic) bond motifs is 1. The van der Waals surface area contributed by atoms with Gasteiger partial charge in [-0.1, -0.05) is 59.6 Å². The molecule has 35 heavy (non-hydrogen) atoms. The molecule has 0 saturated heterocycles. The SMILES string of the molecule is CC(C)N(CC(=O)N1CCc2sccc2C1c1ccc(Cl)cc1Cl)S(=O)(=O)/C=C/c1ccccc1. The van der Waals surface area contributed by atoms with Crippen LogP contribution in [0.3, 0.4) is 0 Å². The van der Waals surface area contributed by atoms with E-state index in [9.17, 15) is 13.2 Å². The second kappa shape index (κ2) is 10.8. The Morgan fingerprint density at radius 1 is 1.14 bits per heavy atom. The highest BCUT2D eigenvalue weighted by Crippen LogP contribution is 2.41. The standard InChI is InChI=1S/C26H26Cl2N2O3S2/c1-18(2)30(35(32,33)15-12-19-6-4-3-5-7-19)17-25(31)29-13-10-24-22(11-14-34-24)26(29)21-9-8-20(27)16-23(21)28/h3-9,11-12,14-16,18,26H,10,13,17H2,1-2H3/b15-12+. The van der Waals surface area contributed by atoms with Gasteiger partial charge in [0.1, 0.15) is 0 Å². The Morgan fingerprint density at radius 3 is 2.57 bits per heavy atom. The third kappa shape index (κ3) is 5.81. The Hall–Kier alpha value is -2.16. The molecule has 0 bridgehead atoms. The van der Waals surface area contributed by atoms with Crippen LogP contribution in [0.5, 0.6) is 0 Å². The number of thiophene rings is 1. The highest BCUT2D eigenvalue weighted by molar-refractivity contribution is 7.92. The number of nitrogens with zero attached hydrogens (tertiary/aromatic N) is 2. The van der Waals surface area contributed by atoms with Gasteiger partial charge in [0.25, 0.3) is 0 Å². The zero-order valence-corrected chi connectivity index (χ0v) is 22.5. The summed E-state index contributed by atoms with van der Waals surface area (Å²) in [6.07, 6.45) is 2.26. The van der Waals surface area contributed by atoms with Gasteiger partial charge in [0.15, 0.2) is 0 Å². The van der Waals surface area contributed by atoms with E-state index in [1.54, 1.807) is 48.3 Å². The summed E-state index contributed by atoms with van der Waals surface area (Å²) in [4.78, 5) is 16.6. The fourth-order valence-electron chi connectivity index (χ4n) is 4.24. The number of hydrogen-bond acceptors (Lipinski definition) is 4. The summed E-state index contributed by atoms with van der Waals surface area (Å²) in [6, 6.07) is 15.7. The number of benzene rings is 2. The molecule has 9 heteroatoms. The quantitative estimate of drug-likeness (QED) is 0.351. The first-order valence-electron chi connectivity index (χ1n) is 11.2. The predicted molar refractivity (Wildman–Crippen MR) is 144 cm³/mol. The van der Waals surface area contributed by atoms with Crippen LogP contribution >= 0.6 is 34.5 Å². The number of hydrogen-bond donors (Lipinski definition) is 0. The Morgan fingerprint density at radius 2 is 1.89 bits per heavy atom. The lowest BCUT2D eigenvalue weighted by Crippen LogP contribution is -2.48. The number of sulfonamides is 1. The third-order valence-corrected chi connectivity index (χ3v) is 9.21. The predicted octanol–water partition coefficient (Wildman–Crippen LogP) is 6.24. The van der Waals surface area contributed by atoms with Gasteiger partial charge >= 0.3 is 0 Å². The van der Waals surface area contributed by atoms with Gasteiger partial charge in [-0.3, -0.25) is 4.79 Å². The van der Waals surface area contributed by atoms with Crippen LogP contribution in [0.25, 0.3) is 6.08 Å². The van der Waals surface area contributed by atoms with Crippen LogP contribution in [0.4, 0.5) is 0 Å². The molecular weight excluding hydrogens is 523 g/mol. The van der Waals surface area contributed by atoms with Crippen LogP contribution in [0.2, 0.25) is 10.0 Å². The third-order valence-electron chi connectivity index (χ3n) is 5.97. The van der Waals surface area contributed by atoms with Crippen molar-refractivity contribution >= 4 is 56.5 Å². The van der Waals surface area contributed by atoms with Gasteiger partial charge in [-0.05, 0) is 66.6 Å². The maximum Gasteiger partial charge on any atom is 0.238 e. The van der Waals surface area contributed by atoms with Crippen molar-refractivity contribution in [1.82, 2.24) is 9.21 Å². The van der Waals surface area contributed by atoms with E-state index >= 15 is 0 Å². The van der Waals surface area contributed by atoms with Crippen LogP contribution in [-0.4, -0.2) is 42.7 Å². The first-order valence-corrected chi connectivity index (χ1v) is 14.4. The van der Waals surface area contributed by atoms with Crippen molar-refractivity contribution in [2.75, 3.05) is 13.1 Å². The molecule has 1 aliphatic rings. The Labute approximate surface area is 220 Å². The Bertz CT molecular complexity index is 1340. The largest absolute Gasteiger partial charge is 0.330 e. The lowest BCUT2D eigenvalue weighted by molar-refractivity contribution is -0.133. The van der Waals surface area contributed by atoms with E-state index in [0.29, 0.717) is 23.0 Å². The summed E-state index contributed by atoms with van der Waals surface area (Å²) in [5, 5.41) is 4.16. The maximum atomic E-state index is 13.7. The number of carbonyl (C=O) groups excluding carboxylic acids is 1. The molecule has 0 saturated carbocycles. The normalized spacial score (nSPS) is 16.3. The van der Waals surface area contributed by atoms with Crippen molar-refractivity contribution in [1.29, 1.82) is 0 Å². The molecule has 5 nitrogen and oxygen atoms in total. The van der Waals surface area contributed by atoms with E-state index in [1.807, 2.05) is 47.8 Å². The van der Waals surface area contributed by atoms with E-state index in [2.05, 4.69) is 0 Å². The highest BCUT2D eigenvalue weighted by Gasteiger charge is 2.36. The number of amides is 1. The lowest BCUT2D eigenvalue weighted by atomic mass is 9.93. The van der Waals surface area contributed by atoms with Crippen LogP contribution < -0.4 is 0 Å². The molecule has 184 valence electrons. The van der Waals surface area contributed by atoms with Crippen molar-refractivity contribution in [2.24, 2.45) is 0 Å². The summed E-state index contributed by atoms with van der Waals surface area (Å²) in [5.74, 6) is -0.275. The summed E-state index contributed by atoms with van der Waals surface area (Å²) in [5.41, 5.74) is 2.55. The van der Waals surface area contributed by atoms with Crippen LogP contribution in [0, 0.1) is 0 Å². The molecule has 1 aliphatic heterocycles. The summed E-state index contributed by atoms with van der Waals surface area (Å²) < 4.78 is 27.6. The Balaban J connectivity index is 1.64. The van der Waals surface area contributed by atoms with Crippen LogP contribution in [-0.2, 0) is 21.2 Å². The first-order chi connectivity index (χ1) is 16.7. The van der Waals surface area contributed by atoms with E-state index in [1.165, 1.54) is 9.18 Å². The zero-order valence-electron chi connectivity index (χ0n) is 19.4. The number of halogens is 2. The van der Waals surface area contributed by atoms with Gasteiger partial charge in [-0.2, -0.15) is 4.31 Å². The minimum absolute atomic E-state index is 0.264. The summed E-state index contributed by atoms with van der Waals surface area (Å²) >= 11 is 14.3. The second-order valence-electron chi connectivity index (χ2n) is 8.60. The van der Waals surface area contributed by atoms with E-state index < -0.39 is 22.1 Å². The van der Waals surface area contributed by atoms with Gasteiger partial charge in [0, 0.05) is 32.9 Å². The monoisotopic (exact) mass is 548 g/mol. The summed E-state index contributed by atoms with van der Waals surface area (Å²) in [7, 11) is -3.84. The van der Waals surface area contributed by atoms with Crippen molar-refractivity contribution in [3.8, 4) is 0 Å². The van der Waals surface area contributed by atoms with Gasteiger partial charge in [-0.15, -0.1) is 11.3 Å². The van der Waals surface area contributed by atoms with Crippen molar-refractivity contribution < 1.29 is 13.2 Å². The molecule has 1 unspecified atom stereocenters.